The van der Waals surface area contributed by atoms with Gasteiger partial charge in [0.15, 0.2) is 0 Å². The maximum Gasteiger partial charge on any atom is 0.149 e. The number of hydrogen-bond donors (Lipinski definition) is 0. The van der Waals surface area contributed by atoms with Crippen LogP contribution in [-0.4, -0.2) is 13.1 Å². The van der Waals surface area contributed by atoms with E-state index in [1.165, 1.54) is 0 Å². The first-order chi connectivity index (χ1) is 5.76. The predicted octanol–water partition coefficient (Wildman–Crippen LogP) is 2.30. The summed E-state index contributed by atoms with van der Waals surface area (Å²) in [6.07, 6.45) is 5.69. The number of carbonyl (C=O) groups excluding carboxylic acids is 2. The van der Waals surface area contributed by atoms with E-state index in [0.717, 1.165) is 23.9 Å². The minimum Gasteiger partial charge on any atom is -0.307 e. The van der Waals surface area contributed by atoms with E-state index in [1.807, 2.05) is 39.7 Å². The van der Waals surface area contributed by atoms with Crippen molar-refractivity contribution in [1.82, 2.24) is 0 Å². The van der Waals surface area contributed by atoms with Gasteiger partial charge in [0, 0.05) is 5.57 Å². The smallest absolute Gasteiger partial charge is 0.149 e. The summed E-state index contributed by atoms with van der Waals surface area (Å²) in [5.74, 6) is 0. The summed E-state index contributed by atoms with van der Waals surface area (Å²) < 4.78 is 0. The molecule has 0 N–H and O–H groups in total. The van der Waals surface area contributed by atoms with Gasteiger partial charge < -0.3 is 4.79 Å². The third-order valence-electron chi connectivity index (χ3n) is 1.44. The lowest BCUT2D eigenvalue weighted by Gasteiger charge is -1.95. The average molecular weight is 168 g/mol. The molecule has 0 aliphatic rings. The normalized spacial score (nSPS) is 11.6. The van der Waals surface area contributed by atoms with Crippen molar-refractivity contribution in [3.05, 3.63) is 23.3 Å². The molecule has 0 saturated heterocycles. The van der Waals surface area contributed by atoms with Gasteiger partial charge in [-0.05, 0) is 25.8 Å². The Bertz CT molecular complexity index is 178. The maximum atomic E-state index is 10.4. The summed E-state index contributed by atoms with van der Waals surface area (Å²) >= 11 is 0. The van der Waals surface area contributed by atoms with E-state index in [9.17, 15) is 4.79 Å². The molecule has 0 aliphatic carbocycles. The lowest BCUT2D eigenvalue weighted by Crippen LogP contribution is -1.85. The fraction of sp³-hybridized carbons (Fsp3) is 0.400. The zero-order chi connectivity index (χ0) is 9.98. The molecule has 0 aromatic rings. The minimum atomic E-state index is 0.810. The van der Waals surface area contributed by atoms with Gasteiger partial charge in [0.05, 0.1) is 0 Å². The molecule has 0 rings (SSSR count). The van der Waals surface area contributed by atoms with Crippen LogP contribution in [0.15, 0.2) is 23.3 Å². The first kappa shape index (κ1) is 13.4. The van der Waals surface area contributed by atoms with Crippen molar-refractivity contribution in [3.63, 3.8) is 0 Å². The van der Waals surface area contributed by atoms with Gasteiger partial charge in [-0.15, -0.1) is 0 Å². The van der Waals surface area contributed by atoms with Crippen LogP contribution < -0.4 is 0 Å². The van der Waals surface area contributed by atoms with Gasteiger partial charge in [-0.2, -0.15) is 0 Å². The highest BCUT2D eigenvalue weighted by atomic mass is 16.1. The average Bonchev–Trinajstić information content (AvgIpc) is 2.16. The maximum absolute atomic E-state index is 10.4. The summed E-state index contributed by atoms with van der Waals surface area (Å²) in [4.78, 5) is 18.4. The van der Waals surface area contributed by atoms with Gasteiger partial charge in [0.25, 0.3) is 0 Å². The van der Waals surface area contributed by atoms with Crippen LogP contribution in [-0.2, 0) is 9.59 Å². The molecular weight excluding hydrogens is 152 g/mol. The Labute approximate surface area is 74.0 Å². The van der Waals surface area contributed by atoms with Crippen LogP contribution in [0, 0.1) is 0 Å². The Balaban J connectivity index is 0. The molecule has 0 amide bonds. The molecule has 0 atom stereocenters. The molecule has 0 aliphatic heterocycles. The Morgan fingerprint density at radius 2 is 1.92 bits per heavy atom. The number of hydrogen-bond acceptors (Lipinski definition) is 2. The number of rotatable bonds is 3. The van der Waals surface area contributed by atoms with E-state index in [2.05, 4.69) is 0 Å². The molecule has 0 unspecified atom stereocenters. The molecule has 0 saturated carbocycles. The fourth-order valence-electron chi connectivity index (χ4n) is 0.689. The van der Waals surface area contributed by atoms with Crippen molar-refractivity contribution in [3.8, 4) is 0 Å². The van der Waals surface area contributed by atoms with Gasteiger partial charge in [-0.3, -0.25) is 4.79 Å². The van der Waals surface area contributed by atoms with Gasteiger partial charge in [0.2, 0.25) is 0 Å². The van der Waals surface area contributed by atoms with Gasteiger partial charge >= 0.3 is 0 Å². The van der Waals surface area contributed by atoms with Crippen LogP contribution in [0.5, 0.6) is 0 Å². The van der Waals surface area contributed by atoms with Crippen molar-refractivity contribution >= 4 is 13.1 Å². The van der Waals surface area contributed by atoms with E-state index in [4.69, 9.17) is 4.79 Å². The zero-order valence-corrected chi connectivity index (χ0v) is 7.96. The van der Waals surface area contributed by atoms with E-state index in [1.54, 1.807) is 0 Å². The highest BCUT2D eigenvalue weighted by Gasteiger charge is 1.93. The second kappa shape index (κ2) is 9.82. The van der Waals surface area contributed by atoms with E-state index in [-0.39, 0.29) is 0 Å². The molecule has 0 spiro atoms. The quantitative estimate of drug-likeness (QED) is 0.368. The number of aldehydes is 1. The second-order valence-corrected chi connectivity index (χ2v) is 2.16. The van der Waals surface area contributed by atoms with Crippen LogP contribution in [0.25, 0.3) is 0 Å². The molecule has 0 heterocycles. The largest absolute Gasteiger partial charge is 0.307 e. The summed E-state index contributed by atoms with van der Waals surface area (Å²) in [5, 5.41) is 0. The topological polar surface area (TPSA) is 34.1 Å². The number of carbonyl (C=O) groups is 2. The van der Waals surface area contributed by atoms with Gasteiger partial charge in [-0.25, -0.2) is 0 Å². The fourth-order valence-corrected chi connectivity index (χ4v) is 0.689. The van der Waals surface area contributed by atoms with Crippen molar-refractivity contribution in [2.75, 3.05) is 0 Å². The molecule has 12 heavy (non-hydrogen) atoms. The third-order valence-corrected chi connectivity index (χ3v) is 1.44. The molecule has 2 heteroatoms. The van der Waals surface area contributed by atoms with E-state index in [0.29, 0.717) is 0 Å². The third kappa shape index (κ3) is 5.59. The van der Waals surface area contributed by atoms with E-state index >= 15 is 0 Å². The summed E-state index contributed by atoms with van der Waals surface area (Å²) in [7, 11) is 0. The highest BCUT2D eigenvalue weighted by Crippen LogP contribution is 2.06. The van der Waals surface area contributed by atoms with Crippen molar-refractivity contribution in [1.29, 1.82) is 0 Å². The molecule has 0 bridgehead atoms. The Morgan fingerprint density at radius 3 is 2.17 bits per heavy atom. The zero-order valence-electron chi connectivity index (χ0n) is 7.96. The van der Waals surface area contributed by atoms with Crippen molar-refractivity contribution in [2.45, 2.75) is 27.2 Å². The Morgan fingerprint density at radius 1 is 1.42 bits per heavy atom. The standard InChI is InChI=1S/C9H14O.CH2O/c1-4-6-9(7-10)8(3)5-2;1-2/h5-7H,4H2,1-3H3;1H2. The van der Waals surface area contributed by atoms with Gasteiger partial charge in [-0.1, -0.05) is 19.1 Å². The van der Waals surface area contributed by atoms with Crippen LogP contribution in [0.1, 0.15) is 27.2 Å². The Hall–Kier alpha value is -1.18. The minimum absolute atomic E-state index is 0.810. The first-order valence-electron chi connectivity index (χ1n) is 3.83. The predicted molar refractivity (Wildman–Crippen MR) is 51.0 cm³/mol. The summed E-state index contributed by atoms with van der Waals surface area (Å²) in [6.45, 7) is 7.89. The Kier molecular flexibility index (Phi) is 11.0. The molecule has 2 nitrogen and oxygen atoms in total. The van der Waals surface area contributed by atoms with E-state index < -0.39 is 0 Å². The number of allylic oxidation sites excluding steroid dienone is 4. The lowest BCUT2D eigenvalue weighted by molar-refractivity contribution is -0.104. The second-order valence-electron chi connectivity index (χ2n) is 2.16. The monoisotopic (exact) mass is 168 g/mol. The molecule has 0 aromatic heterocycles. The molecule has 68 valence electrons. The first-order valence-corrected chi connectivity index (χ1v) is 3.83. The summed E-state index contributed by atoms with van der Waals surface area (Å²) in [6, 6.07) is 0. The van der Waals surface area contributed by atoms with Crippen molar-refractivity contribution in [2.24, 2.45) is 0 Å². The molecular formula is C10H16O2. The SMILES string of the molecule is C=O.CC=C(C)C(C=O)=CCC. The lowest BCUT2D eigenvalue weighted by atomic mass is 10.1. The van der Waals surface area contributed by atoms with Crippen LogP contribution in [0.4, 0.5) is 0 Å². The highest BCUT2D eigenvalue weighted by molar-refractivity contribution is 5.79. The molecule has 0 radical (unpaired) electrons. The van der Waals surface area contributed by atoms with Crippen molar-refractivity contribution < 1.29 is 9.59 Å². The summed E-state index contributed by atoms with van der Waals surface area (Å²) in [5.41, 5.74) is 1.86. The van der Waals surface area contributed by atoms with Crippen LogP contribution in [0.2, 0.25) is 0 Å². The molecule has 0 fully saturated rings. The molecule has 0 aromatic carbocycles. The van der Waals surface area contributed by atoms with Gasteiger partial charge in [0.1, 0.15) is 13.1 Å². The van der Waals surface area contributed by atoms with Crippen LogP contribution in [0.3, 0.4) is 0 Å². The van der Waals surface area contributed by atoms with Crippen LogP contribution >= 0.6 is 0 Å².